The van der Waals surface area contributed by atoms with Crippen molar-refractivity contribution in [2.75, 3.05) is 7.05 Å². The Hall–Kier alpha value is -1.60. The molecule has 1 unspecified atom stereocenters. The average molecular weight is 319 g/mol. The molecule has 1 N–H and O–H groups in total. The molecule has 0 fully saturated rings. The number of rotatable bonds is 3. The van der Waals surface area contributed by atoms with Crippen molar-refractivity contribution in [1.82, 2.24) is 20.3 Å². The highest BCUT2D eigenvalue weighted by atomic mass is 35.5. The van der Waals surface area contributed by atoms with Gasteiger partial charge in [0.25, 0.3) is 0 Å². The van der Waals surface area contributed by atoms with E-state index in [9.17, 15) is 13.2 Å². The molecule has 0 saturated heterocycles. The molecule has 0 aliphatic carbocycles. The summed E-state index contributed by atoms with van der Waals surface area (Å²) in [5.74, 6) is 0. The number of hydrogen-bond acceptors (Lipinski definition) is 3. The average Bonchev–Trinajstić information content (AvgIpc) is 2.78. The molecular formula is C13H14ClF3N4. The normalized spacial score (nSPS) is 13.5. The zero-order valence-electron chi connectivity index (χ0n) is 11.7. The van der Waals surface area contributed by atoms with E-state index in [1.54, 1.807) is 14.0 Å². The predicted molar refractivity (Wildman–Crippen MR) is 73.6 cm³/mol. The Labute approximate surface area is 124 Å². The van der Waals surface area contributed by atoms with E-state index in [0.717, 1.165) is 12.1 Å². The molecule has 1 atom stereocenters. The van der Waals surface area contributed by atoms with Gasteiger partial charge in [0.2, 0.25) is 0 Å². The van der Waals surface area contributed by atoms with Crippen LogP contribution >= 0.6 is 11.6 Å². The van der Waals surface area contributed by atoms with Crippen molar-refractivity contribution in [3.05, 3.63) is 40.2 Å². The minimum Gasteiger partial charge on any atom is -0.312 e. The highest BCUT2D eigenvalue weighted by Gasteiger charge is 2.31. The largest absolute Gasteiger partial charge is 0.416 e. The number of halogens is 4. The first-order chi connectivity index (χ1) is 9.74. The molecule has 0 bridgehead atoms. The van der Waals surface area contributed by atoms with Gasteiger partial charge in [-0.2, -0.15) is 13.2 Å². The molecule has 114 valence electrons. The molecule has 0 saturated carbocycles. The van der Waals surface area contributed by atoms with Gasteiger partial charge in [0.1, 0.15) is 5.69 Å². The Bertz CT molecular complexity index is 651. The van der Waals surface area contributed by atoms with E-state index in [4.69, 9.17) is 11.6 Å². The highest BCUT2D eigenvalue weighted by molar-refractivity contribution is 6.30. The van der Waals surface area contributed by atoms with Crippen molar-refractivity contribution in [2.45, 2.75) is 26.1 Å². The SMILES string of the molecule is CNC(C)c1nnn(-c2cc(Cl)cc(C(F)(F)F)c2)c1C. The van der Waals surface area contributed by atoms with Crippen LogP contribution in [0.15, 0.2) is 18.2 Å². The van der Waals surface area contributed by atoms with Crippen LogP contribution in [0.4, 0.5) is 13.2 Å². The molecule has 0 aliphatic rings. The van der Waals surface area contributed by atoms with Crippen LogP contribution in [-0.2, 0) is 6.18 Å². The van der Waals surface area contributed by atoms with E-state index >= 15 is 0 Å². The van der Waals surface area contributed by atoms with E-state index in [0.29, 0.717) is 11.4 Å². The quantitative estimate of drug-likeness (QED) is 0.941. The molecule has 1 aromatic carbocycles. The van der Waals surface area contributed by atoms with Gasteiger partial charge >= 0.3 is 6.18 Å². The van der Waals surface area contributed by atoms with E-state index in [-0.39, 0.29) is 16.8 Å². The fourth-order valence-electron chi connectivity index (χ4n) is 1.98. The Balaban J connectivity index is 2.53. The van der Waals surface area contributed by atoms with E-state index in [1.165, 1.54) is 10.7 Å². The van der Waals surface area contributed by atoms with Gasteiger partial charge < -0.3 is 5.32 Å². The second-order valence-electron chi connectivity index (χ2n) is 4.68. The van der Waals surface area contributed by atoms with Gasteiger partial charge in [0, 0.05) is 5.02 Å². The summed E-state index contributed by atoms with van der Waals surface area (Å²) in [5.41, 5.74) is 0.746. The Kier molecular flexibility index (Phi) is 4.25. The summed E-state index contributed by atoms with van der Waals surface area (Å²) in [7, 11) is 1.77. The number of aromatic nitrogens is 3. The number of nitrogens with one attached hydrogen (secondary N) is 1. The topological polar surface area (TPSA) is 42.7 Å². The van der Waals surface area contributed by atoms with E-state index < -0.39 is 11.7 Å². The predicted octanol–water partition coefficient (Wildman–Crippen LogP) is 3.53. The lowest BCUT2D eigenvalue weighted by molar-refractivity contribution is -0.137. The third kappa shape index (κ3) is 3.19. The summed E-state index contributed by atoms with van der Waals surface area (Å²) in [6, 6.07) is 3.25. The lowest BCUT2D eigenvalue weighted by Crippen LogP contribution is -2.14. The molecule has 4 nitrogen and oxygen atoms in total. The summed E-state index contributed by atoms with van der Waals surface area (Å²) in [5, 5.41) is 10.9. The summed E-state index contributed by atoms with van der Waals surface area (Å²) >= 11 is 5.78. The van der Waals surface area contributed by atoms with Gasteiger partial charge in [-0.05, 0) is 39.1 Å². The van der Waals surface area contributed by atoms with Gasteiger partial charge in [-0.25, -0.2) is 4.68 Å². The minimum absolute atomic E-state index is 0.00191. The van der Waals surface area contributed by atoms with Crippen LogP contribution in [0.5, 0.6) is 0 Å². The molecular weight excluding hydrogens is 305 g/mol. The molecule has 1 heterocycles. The van der Waals surface area contributed by atoms with Crippen LogP contribution in [0.2, 0.25) is 5.02 Å². The Morgan fingerprint density at radius 1 is 1.29 bits per heavy atom. The lowest BCUT2D eigenvalue weighted by Gasteiger charge is -2.11. The summed E-state index contributed by atoms with van der Waals surface area (Å²) in [4.78, 5) is 0. The number of benzene rings is 1. The second kappa shape index (κ2) is 5.65. The van der Waals surface area contributed by atoms with E-state index in [2.05, 4.69) is 15.6 Å². The summed E-state index contributed by atoms with van der Waals surface area (Å²) in [6.45, 7) is 3.64. The number of alkyl halides is 3. The van der Waals surface area contributed by atoms with Crippen LogP contribution in [-0.4, -0.2) is 22.0 Å². The fourth-order valence-corrected chi connectivity index (χ4v) is 2.21. The van der Waals surface area contributed by atoms with Gasteiger partial charge in [-0.15, -0.1) is 5.10 Å². The number of nitrogens with zero attached hydrogens (tertiary/aromatic N) is 3. The lowest BCUT2D eigenvalue weighted by atomic mass is 10.1. The highest BCUT2D eigenvalue weighted by Crippen LogP contribution is 2.33. The third-order valence-electron chi connectivity index (χ3n) is 3.23. The summed E-state index contributed by atoms with van der Waals surface area (Å²) < 4.78 is 39.9. The zero-order valence-corrected chi connectivity index (χ0v) is 12.4. The van der Waals surface area contributed by atoms with Crippen LogP contribution in [0.25, 0.3) is 5.69 Å². The maximum absolute atomic E-state index is 12.8. The van der Waals surface area contributed by atoms with Crippen LogP contribution in [0, 0.1) is 6.92 Å². The fraction of sp³-hybridized carbons (Fsp3) is 0.385. The van der Waals surface area contributed by atoms with Crippen molar-refractivity contribution < 1.29 is 13.2 Å². The summed E-state index contributed by atoms with van der Waals surface area (Å²) in [6.07, 6.45) is -4.46. The third-order valence-corrected chi connectivity index (χ3v) is 3.45. The van der Waals surface area contributed by atoms with Gasteiger partial charge in [0.15, 0.2) is 0 Å². The zero-order chi connectivity index (χ0) is 15.8. The minimum atomic E-state index is -4.46. The molecule has 2 rings (SSSR count). The van der Waals surface area contributed by atoms with Gasteiger partial charge in [0.05, 0.1) is 23.0 Å². The Morgan fingerprint density at radius 3 is 2.52 bits per heavy atom. The molecule has 0 amide bonds. The van der Waals surface area contributed by atoms with Gasteiger partial charge in [-0.3, -0.25) is 0 Å². The van der Waals surface area contributed by atoms with Crippen LogP contribution < -0.4 is 5.32 Å². The molecule has 0 spiro atoms. The molecule has 0 aliphatic heterocycles. The van der Waals surface area contributed by atoms with Crippen molar-refractivity contribution in [3.63, 3.8) is 0 Å². The van der Waals surface area contributed by atoms with Gasteiger partial charge in [-0.1, -0.05) is 16.8 Å². The first-order valence-electron chi connectivity index (χ1n) is 6.21. The molecule has 21 heavy (non-hydrogen) atoms. The maximum Gasteiger partial charge on any atom is 0.416 e. The molecule has 2 aromatic rings. The molecule has 8 heteroatoms. The van der Waals surface area contributed by atoms with Crippen LogP contribution in [0.3, 0.4) is 0 Å². The molecule has 1 aromatic heterocycles. The van der Waals surface area contributed by atoms with Crippen LogP contribution in [0.1, 0.15) is 29.9 Å². The van der Waals surface area contributed by atoms with Crippen molar-refractivity contribution >= 4 is 11.6 Å². The van der Waals surface area contributed by atoms with E-state index in [1.807, 2.05) is 6.92 Å². The monoisotopic (exact) mass is 318 g/mol. The first kappa shape index (κ1) is 15.8. The van der Waals surface area contributed by atoms with Crippen molar-refractivity contribution in [3.8, 4) is 5.69 Å². The Morgan fingerprint density at radius 2 is 1.95 bits per heavy atom. The van der Waals surface area contributed by atoms with Crippen molar-refractivity contribution in [2.24, 2.45) is 0 Å². The standard InChI is InChI=1S/C13H14ClF3N4/c1-7(18-3)12-8(2)21(20-19-12)11-5-9(13(15,16)17)4-10(14)6-11/h4-7,18H,1-3H3. The first-order valence-corrected chi connectivity index (χ1v) is 6.59. The van der Waals surface area contributed by atoms with Crippen molar-refractivity contribution in [1.29, 1.82) is 0 Å². The number of hydrogen-bond donors (Lipinski definition) is 1. The second-order valence-corrected chi connectivity index (χ2v) is 5.11. The smallest absolute Gasteiger partial charge is 0.312 e. The maximum atomic E-state index is 12.8. The molecule has 0 radical (unpaired) electrons.